The predicted molar refractivity (Wildman–Crippen MR) is 132 cm³/mol. The van der Waals surface area contributed by atoms with Crippen LogP contribution in [0.5, 0.6) is 0 Å². The molecule has 1 aliphatic heterocycles. The lowest BCUT2D eigenvalue weighted by molar-refractivity contribution is -0.145. The molecule has 9 heteroatoms. The summed E-state index contributed by atoms with van der Waals surface area (Å²) in [6.45, 7) is 7.58. The van der Waals surface area contributed by atoms with Gasteiger partial charge in [0.1, 0.15) is 11.4 Å². The number of carbonyl (C=O) groups excluding carboxylic acids is 3. The summed E-state index contributed by atoms with van der Waals surface area (Å²) in [5.74, 6) is -0.969. The van der Waals surface area contributed by atoms with E-state index in [4.69, 9.17) is 4.74 Å². The number of benzene rings is 1. The van der Waals surface area contributed by atoms with E-state index in [-0.39, 0.29) is 6.04 Å². The average Bonchev–Trinajstić information content (AvgIpc) is 2.79. The molecule has 1 aromatic heterocycles. The molecule has 9 nitrogen and oxygen atoms in total. The Morgan fingerprint density at radius 3 is 2.38 bits per heavy atom. The van der Waals surface area contributed by atoms with E-state index in [1.807, 2.05) is 31.3 Å². The van der Waals surface area contributed by atoms with E-state index in [1.54, 1.807) is 38.7 Å². The Bertz CT molecular complexity index is 1050. The molecule has 1 aromatic carbocycles. The number of pyridine rings is 1. The van der Waals surface area contributed by atoms with Gasteiger partial charge in [-0.2, -0.15) is 0 Å². The predicted octanol–water partition coefficient (Wildman–Crippen LogP) is 4.47. The number of aryl methyl sites for hydroxylation is 1. The van der Waals surface area contributed by atoms with E-state index in [2.05, 4.69) is 20.9 Å². The number of aromatic nitrogens is 1. The zero-order valence-electron chi connectivity index (χ0n) is 20.4. The first kappa shape index (κ1) is 25.0. The van der Waals surface area contributed by atoms with Crippen LogP contribution in [0.3, 0.4) is 0 Å². The highest BCUT2D eigenvalue weighted by Crippen LogP contribution is 2.32. The molecule has 0 spiro atoms. The van der Waals surface area contributed by atoms with Gasteiger partial charge in [-0.3, -0.25) is 14.9 Å². The van der Waals surface area contributed by atoms with Crippen molar-refractivity contribution in [3.8, 4) is 0 Å². The van der Waals surface area contributed by atoms with Crippen molar-refractivity contribution in [2.24, 2.45) is 0 Å². The van der Waals surface area contributed by atoms with Gasteiger partial charge in [0.2, 0.25) is 0 Å². The second-order valence-corrected chi connectivity index (χ2v) is 9.35. The molecule has 0 radical (unpaired) electrons. The number of piperidine rings is 1. The van der Waals surface area contributed by atoms with Gasteiger partial charge in [-0.1, -0.05) is 12.1 Å². The average molecular weight is 468 g/mol. The number of amides is 3. The number of likely N-dealkylation sites (tertiary alicyclic amines) is 1. The molecule has 2 aromatic rings. The highest BCUT2D eigenvalue weighted by molar-refractivity contribution is 6.39. The maximum Gasteiger partial charge on any atom is 0.413 e. The number of carbonyl (C=O) groups is 3. The summed E-state index contributed by atoms with van der Waals surface area (Å²) in [6, 6.07) is 9.42. The maximum atomic E-state index is 13.0. The lowest BCUT2D eigenvalue weighted by Crippen LogP contribution is -2.44. The van der Waals surface area contributed by atoms with Crippen molar-refractivity contribution >= 4 is 35.1 Å². The number of rotatable bonds is 4. The summed E-state index contributed by atoms with van der Waals surface area (Å²) in [5, 5.41) is 8.32. The standard InChI is InChI=1S/C25H33N5O4/c1-16-14-19(15-27-21(16)29-24(33)34-25(2,3)4)28-22(31)23(32)30-13-7-6-8-20(30)17-9-11-18(26-5)12-10-17/h9-12,14-15,20,26H,6-8,13H2,1-5H3,(H,28,31)(H,27,29,33)/t20-/m0/s1. The number of nitrogens with zero attached hydrogens (tertiary/aromatic N) is 2. The molecule has 182 valence electrons. The van der Waals surface area contributed by atoms with Crippen LogP contribution in [0.25, 0.3) is 0 Å². The molecule has 1 aliphatic rings. The molecule has 1 saturated heterocycles. The molecule has 34 heavy (non-hydrogen) atoms. The SMILES string of the molecule is CNc1ccc([C@@H]2CCCCN2C(=O)C(=O)Nc2cnc(NC(=O)OC(C)(C)C)c(C)c2)cc1. The van der Waals surface area contributed by atoms with Crippen molar-refractivity contribution in [3.63, 3.8) is 0 Å². The molecular weight excluding hydrogens is 434 g/mol. The first-order valence-corrected chi connectivity index (χ1v) is 11.4. The maximum absolute atomic E-state index is 13.0. The summed E-state index contributed by atoms with van der Waals surface area (Å²) < 4.78 is 5.24. The Morgan fingerprint density at radius 1 is 1.06 bits per heavy atom. The van der Waals surface area contributed by atoms with Crippen LogP contribution in [0.2, 0.25) is 0 Å². The topological polar surface area (TPSA) is 113 Å². The quantitative estimate of drug-likeness (QED) is 0.572. The molecule has 1 fully saturated rings. The molecule has 1 atom stereocenters. The van der Waals surface area contributed by atoms with Crippen LogP contribution in [0.1, 0.15) is 57.2 Å². The van der Waals surface area contributed by atoms with E-state index in [9.17, 15) is 14.4 Å². The van der Waals surface area contributed by atoms with Gasteiger partial charge in [-0.15, -0.1) is 0 Å². The van der Waals surface area contributed by atoms with Crippen LogP contribution in [-0.4, -0.2) is 47.0 Å². The molecule has 3 N–H and O–H groups in total. The minimum Gasteiger partial charge on any atom is -0.444 e. The van der Waals surface area contributed by atoms with Crippen molar-refractivity contribution in [1.82, 2.24) is 9.88 Å². The molecule has 2 heterocycles. The summed E-state index contributed by atoms with van der Waals surface area (Å²) in [4.78, 5) is 43.7. The molecule has 0 saturated carbocycles. The monoisotopic (exact) mass is 467 g/mol. The van der Waals surface area contributed by atoms with E-state index in [1.165, 1.54) is 6.20 Å². The smallest absolute Gasteiger partial charge is 0.413 e. The normalized spacial score (nSPS) is 15.9. The van der Waals surface area contributed by atoms with Crippen LogP contribution >= 0.6 is 0 Å². The molecule has 0 unspecified atom stereocenters. The summed E-state index contributed by atoms with van der Waals surface area (Å²) in [7, 11) is 1.85. The van der Waals surface area contributed by atoms with E-state index < -0.39 is 23.5 Å². The van der Waals surface area contributed by atoms with Crippen LogP contribution in [0, 0.1) is 6.92 Å². The van der Waals surface area contributed by atoms with Crippen molar-refractivity contribution in [2.75, 3.05) is 29.5 Å². The zero-order chi connectivity index (χ0) is 24.9. The summed E-state index contributed by atoms with van der Waals surface area (Å²) in [6.07, 6.45) is 3.45. The first-order valence-electron chi connectivity index (χ1n) is 11.4. The minimum absolute atomic E-state index is 0.141. The second-order valence-electron chi connectivity index (χ2n) is 9.35. The molecular formula is C25H33N5O4. The lowest BCUT2D eigenvalue weighted by Gasteiger charge is -2.35. The zero-order valence-corrected chi connectivity index (χ0v) is 20.4. The summed E-state index contributed by atoms with van der Waals surface area (Å²) in [5.41, 5.74) is 2.36. The highest BCUT2D eigenvalue weighted by atomic mass is 16.6. The number of ether oxygens (including phenoxy) is 1. The number of hydrogen-bond donors (Lipinski definition) is 3. The van der Waals surface area contributed by atoms with Gasteiger partial charge in [0, 0.05) is 19.3 Å². The van der Waals surface area contributed by atoms with E-state index in [0.717, 1.165) is 30.5 Å². The fraction of sp³-hybridized carbons (Fsp3) is 0.440. The largest absolute Gasteiger partial charge is 0.444 e. The fourth-order valence-corrected chi connectivity index (χ4v) is 3.88. The Balaban J connectivity index is 1.67. The Hall–Kier alpha value is -3.62. The van der Waals surface area contributed by atoms with Gasteiger partial charge in [0.05, 0.1) is 17.9 Å². The van der Waals surface area contributed by atoms with Crippen molar-refractivity contribution < 1.29 is 19.1 Å². The highest BCUT2D eigenvalue weighted by Gasteiger charge is 2.32. The van der Waals surface area contributed by atoms with Crippen LogP contribution in [0.4, 0.5) is 22.0 Å². The Morgan fingerprint density at radius 2 is 1.76 bits per heavy atom. The molecule has 0 aliphatic carbocycles. The molecule has 3 rings (SSSR count). The summed E-state index contributed by atoms with van der Waals surface area (Å²) >= 11 is 0. The third-order valence-electron chi connectivity index (χ3n) is 5.50. The fourth-order valence-electron chi connectivity index (χ4n) is 3.88. The van der Waals surface area contributed by atoms with Gasteiger partial charge < -0.3 is 20.3 Å². The van der Waals surface area contributed by atoms with Gasteiger partial charge in [-0.25, -0.2) is 9.78 Å². The van der Waals surface area contributed by atoms with Crippen molar-refractivity contribution in [1.29, 1.82) is 0 Å². The van der Waals surface area contributed by atoms with Gasteiger partial charge >= 0.3 is 17.9 Å². The van der Waals surface area contributed by atoms with E-state index >= 15 is 0 Å². The van der Waals surface area contributed by atoms with Gasteiger partial charge in [-0.05, 0) is 76.3 Å². The number of hydrogen-bond acceptors (Lipinski definition) is 6. The number of anilines is 3. The molecule has 3 amide bonds. The first-order chi connectivity index (χ1) is 16.1. The Kier molecular flexibility index (Phi) is 7.75. The lowest BCUT2D eigenvalue weighted by atomic mass is 9.95. The third-order valence-corrected chi connectivity index (χ3v) is 5.50. The number of nitrogens with one attached hydrogen (secondary N) is 3. The van der Waals surface area contributed by atoms with Crippen LogP contribution < -0.4 is 16.0 Å². The van der Waals surface area contributed by atoms with Gasteiger partial charge in [0.25, 0.3) is 0 Å². The van der Waals surface area contributed by atoms with Crippen LogP contribution in [-0.2, 0) is 14.3 Å². The Labute approximate surface area is 200 Å². The van der Waals surface area contributed by atoms with Crippen molar-refractivity contribution in [3.05, 3.63) is 47.7 Å². The van der Waals surface area contributed by atoms with Crippen molar-refractivity contribution in [2.45, 2.75) is 58.6 Å². The van der Waals surface area contributed by atoms with E-state index in [0.29, 0.717) is 23.6 Å². The van der Waals surface area contributed by atoms with Gasteiger partial charge in [0.15, 0.2) is 0 Å². The molecule has 0 bridgehead atoms. The minimum atomic E-state index is -0.715. The van der Waals surface area contributed by atoms with Crippen LogP contribution in [0.15, 0.2) is 36.5 Å². The second kappa shape index (κ2) is 10.5. The third kappa shape index (κ3) is 6.46.